The van der Waals surface area contributed by atoms with Crippen LogP contribution in [0.5, 0.6) is 0 Å². The molecule has 2 rings (SSSR count). The van der Waals surface area contributed by atoms with E-state index in [-0.39, 0.29) is 0 Å². The monoisotopic (exact) mass is 510 g/mol. The number of hydrogen-bond donors (Lipinski definition) is 6. The molecule has 12 nitrogen and oxygen atoms in total. The number of nitrogens with two attached hydrogens (primary N) is 2. The van der Waals surface area contributed by atoms with E-state index in [9.17, 15) is 19.2 Å². The van der Waals surface area contributed by atoms with Gasteiger partial charge in [-0.3, -0.25) is 0 Å². The summed E-state index contributed by atoms with van der Waals surface area (Å²) in [5.41, 5.74) is 13.4. The number of esters is 4. The lowest BCUT2D eigenvalue weighted by molar-refractivity contribution is -0.165. The van der Waals surface area contributed by atoms with Gasteiger partial charge in [0.05, 0.1) is 0 Å². The van der Waals surface area contributed by atoms with Crippen molar-refractivity contribution in [3.8, 4) is 0 Å². The van der Waals surface area contributed by atoms with Crippen molar-refractivity contribution in [2.45, 2.75) is 12.8 Å². The molecule has 36 heavy (non-hydrogen) atoms. The number of aliphatic hydroxyl groups excluding tert-OH is 4. The van der Waals surface area contributed by atoms with E-state index in [1.807, 2.05) is 36.4 Å². The van der Waals surface area contributed by atoms with E-state index >= 15 is 0 Å². The van der Waals surface area contributed by atoms with Crippen LogP contribution in [0.15, 0.2) is 60.7 Å². The number of hydrogen-bond acceptors (Lipinski definition) is 12. The van der Waals surface area contributed by atoms with Gasteiger partial charge in [0.2, 0.25) is 0 Å². The zero-order valence-corrected chi connectivity index (χ0v) is 19.8. The lowest BCUT2D eigenvalue weighted by Gasteiger charge is -1.94. The van der Waals surface area contributed by atoms with Crippen LogP contribution in [0.3, 0.4) is 0 Å². The van der Waals surface area contributed by atoms with Gasteiger partial charge < -0.3 is 41.4 Å². The first-order valence-electron chi connectivity index (χ1n) is 10.7. The minimum Gasteiger partial charge on any atom is -0.390 e. The smallest absolute Gasteiger partial charge is 0.339 e. The summed E-state index contributed by atoms with van der Waals surface area (Å²) >= 11 is 0. The van der Waals surface area contributed by atoms with Gasteiger partial charge in [0.15, 0.2) is 0 Å². The third-order valence-corrected chi connectivity index (χ3v) is 3.52. The first-order valence-corrected chi connectivity index (χ1v) is 10.7. The Bertz CT molecular complexity index is 749. The third-order valence-electron chi connectivity index (χ3n) is 3.52. The summed E-state index contributed by atoms with van der Waals surface area (Å²) in [6.07, 6.45) is 1.97. The fraction of sp³-hybridized carbons (Fsp3) is 0.333. The van der Waals surface area contributed by atoms with Crippen molar-refractivity contribution in [2.75, 3.05) is 39.5 Å². The molecule has 0 heterocycles. The van der Waals surface area contributed by atoms with E-state index in [2.05, 4.69) is 33.7 Å². The molecule has 0 amide bonds. The molecular formula is C24H34N2O10. The lowest BCUT2D eigenvalue weighted by Crippen LogP contribution is -2.17. The Morgan fingerprint density at radius 1 is 0.528 bits per heavy atom. The molecule has 0 saturated carbocycles. The van der Waals surface area contributed by atoms with Gasteiger partial charge in [-0.1, -0.05) is 60.7 Å². The molecule has 2 aromatic carbocycles. The second-order valence-corrected chi connectivity index (χ2v) is 6.37. The predicted octanol–water partition coefficient (Wildman–Crippen LogP) is -1.54. The molecule has 0 radical (unpaired) electrons. The topological polar surface area (TPSA) is 220 Å². The predicted molar refractivity (Wildman–Crippen MR) is 129 cm³/mol. The molecule has 0 atom stereocenters. The summed E-state index contributed by atoms with van der Waals surface area (Å²) in [7, 11) is 0. The summed E-state index contributed by atoms with van der Waals surface area (Å²) in [6, 6.07) is 20.5. The molecule has 0 unspecified atom stereocenters. The minimum atomic E-state index is -1.06. The number of rotatable bonds is 8. The van der Waals surface area contributed by atoms with Crippen molar-refractivity contribution in [1.82, 2.24) is 0 Å². The van der Waals surface area contributed by atoms with Crippen LogP contribution >= 0.6 is 0 Å². The molecule has 0 saturated heterocycles. The van der Waals surface area contributed by atoms with E-state index in [4.69, 9.17) is 31.9 Å². The summed E-state index contributed by atoms with van der Waals surface area (Å²) in [4.78, 5) is 39.9. The Labute approximate surface area is 209 Å². The largest absolute Gasteiger partial charge is 0.390 e. The molecule has 200 valence electrons. The van der Waals surface area contributed by atoms with Crippen molar-refractivity contribution in [3.05, 3.63) is 71.8 Å². The van der Waals surface area contributed by atoms with Gasteiger partial charge in [-0.15, -0.1) is 0 Å². The Kier molecular flexibility index (Phi) is 23.7. The molecular weight excluding hydrogens is 476 g/mol. The number of aliphatic hydroxyl groups is 4. The second kappa shape index (κ2) is 24.6. The number of ether oxygens (including phenoxy) is 2. The highest BCUT2D eigenvalue weighted by Gasteiger charge is 2.06. The first-order chi connectivity index (χ1) is 17.3. The van der Waals surface area contributed by atoms with Crippen LogP contribution in [-0.2, 0) is 41.5 Å². The molecule has 0 aromatic heterocycles. The van der Waals surface area contributed by atoms with Crippen LogP contribution in [0.25, 0.3) is 0 Å². The normalized spacial score (nSPS) is 9.06. The highest BCUT2D eigenvalue weighted by molar-refractivity contribution is 5.86. The summed E-state index contributed by atoms with van der Waals surface area (Å²) in [6.45, 7) is -1.94. The molecule has 0 aliphatic carbocycles. The average molecular weight is 511 g/mol. The van der Waals surface area contributed by atoms with Gasteiger partial charge in [-0.05, 0) is 37.1 Å². The Morgan fingerprint density at radius 2 is 0.778 bits per heavy atom. The van der Waals surface area contributed by atoms with Crippen LogP contribution < -0.4 is 11.5 Å². The Balaban J connectivity index is 0. The molecule has 8 N–H and O–H groups in total. The second-order valence-electron chi connectivity index (χ2n) is 6.37. The average Bonchev–Trinajstić information content (AvgIpc) is 2.91. The fourth-order valence-electron chi connectivity index (χ4n) is 2.01. The molecule has 0 aliphatic heterocycles. The maximum absolute atomic E-state index is 9.98. The van der Waals surface area contributed by atoms with E-state index in [1.165, 1.54) is 11.1 Å². The van der Waals surface area contributed by atoms with Gasteiger partial charge in [0, 0.05) is 0 Å². The molecule has 12 heteroatoms. The van der Waals surface area contributed by atoms with E-state index in [1.54, 1.807) is 0 Å². The molecule has 0 aliphatic rings. The molecule has 0 bridgehead atoms. The maximum Gasteiger partial charge on any atom is 0.339 e. The van der Waals surface area contributed by atoms with Gasteiger partial charge in [0.1, 0.15) is 26.4 Å². The van der Waals surface area contributed by atoms with Crippen molar-refractivity contribution in [2.24, 2.45) is 11.5 Å². The molecule has 2 aromatic rings. The van der Waals surface area contributed by atoms with Gasteiger partial charge >= 0.3 is 23.9 Å². The van der Waals surface area contributed by atoms with Crippen LogP contribution in [0.2, 0.25) is 0 Å². The summed E-state index contributed by atoms with van der Waals surface area (Å²) in [5.74, 6) is -4.24. The summed E-state index contributed by atoms with van der Waals surface area (Å²) < 4.78 is 7.54. The third kappa shape index (κ3) is 22.3. The van der Waals surface area contributed by atoms with E-state index in [0.717, 1.165) is 25.9 Å². The van der Waals surface area contributed by atoms with Crippen molar-refractivity contribution in [3.63, 3.8) is 0 Å². The SMILES string of the molecule is NCCc1ccccc1.NCCc1ccccc1.O=C(CO)OC(=O)CO.O=C(CO)OC(=O)CO. The fourth-order valence-corrected chi connectivity index (χ4v) is 2.01. The van der Waals surface area contributed by atoms with Crippen LogP contribution in [0.4, 0.5) is 0 Å². The van der Waals surface area contributed by atoms with Crippen molar-refractivity contribution < 1.29 is 49.1 Å². The highest BCUT2D eigenvalue weighted by atomic mass is 16.6. The van der Waals surface area contributed by atoms with Crippen LogP contribution in [0, 0.1) is 0 Å². The highest BCUT2D eigenvalue weighted by Crippen LogP contribution is 1.97. The number of benzene rings is 2. The minimum absolute atomic E-state index is 0.740. The van der Waals surface area contributed by atoms with Crippen LogP contribution in [0.1, 0.15) is 11.1 Å². The zero-order valence-electron chi connectivity index (χ0n) is 19.8. The zero-order chi connectivity index (χ0) is 27.6. The standard InChI is InChI=1S/2C8H11N.2C4H6O5/c2*9-7-6-8-4-2-1-3-5-8;2*5-1-3(7)9-4(8)2-6/h2*1-5H,6-7,9H2;2*5-6H,1-2H2. The van der Waals surface area contributed by atoms with Crippen molar-refractivity contribution in [1.29, 1.82) is 0 Å². The van der Waals surface area contributed by atoms with E-state index < -0.39 is 50.3 Å². The Morgan fingerprint density at radius 3 is 0.972 bits per heavy atom. The number of carbonyl (C=O) groups excluding carboxylic acids is 4. The Hall–Kier alpha value is -3.52. The van der Waals surface area contributed by atoms with Gasteiger partial charge in [0.25, 0.3) is 0 Å². The molecule has 0 spiro atoms. The first kappa shape index (κ1) is 34.6. The quantitative estimate of drug-likeness (QED) is 0.176. The van der Waals surface area contributed by atoms with Crippen LogP contribution in [-0.4, -0.2) is 83.8 Å². The van der Waals surface area contributed by atoms with Gasteiger partial charge in [-0.2, -0.15) is 0 Å². The van der Waals surface area contributed by atoms with Crippen molar-refractivity contribution >= 4 is 23.9 Å². The maximum atomic E-state index is 9.98. The lowest BCUT2D eigenvalue weighted by atomic mass is 10.2. The van der Waals surface area contributed by atoms with Gasteiger partial charge in [-0.25, -0.2) is 19.2 Å². The number of carbonyl (C=O) groups is 4. The molecule has 0 fully saturated rings. The summed E-state index contributed by atoms with van der Waals surface area (Å²) in [5, 5.41) is 31.9. The van der Waals surface area contributed by atoms with E-state index in [0.29, 0.717) is 0 Å².